The molecule has 0 aliphatic heterocycles. The molecular formula is C20H19FN4O2. The van der Waals surface area contributed by atoms with Crippen molar-refractivity contribution >= 4 is 17.5 Å². The van der Waals surface area contributed by atoms with Gasteiger partial charge in [0.25, 0.3) is 5.91 Å². The van der Waals surface area contributed by atoms with Crippen molar-refractivity contribution in [3.05, 3.63) is 77.9 Å². The summed E-state index contributed by atoms with van der Waals surface area (Å²) >= 11 is 0. The minimum absolute atomic E-state index is 0.254. The van der Waals surface area contributed by atoms with Gasteiger partial charge in [-0.25, -0.2) is 14.4 Å². The lowest BCUT2D eigenvalue weighted by molar-refractivity contribution is 0.0953. The summed E-state index contributed by atoms with van der Waals surface area (Å²) in [6.07, 6.45) is 3.54. The van der Waals surface area contributed by atoms with E-state index in [1.54, 1.807) is 19.2 Å². The molecule has 0 saturated carbocycles. The third-order valence-corrected chi connectivity index (χ3v) is 3.83. The lowest BCUT2D eigenvalue weighted by atomic mass is 10.1. The number of halogens is 1. The van der Waals surface area contributed by atoms with E-state index in [1.165, 1.54) is 24.5 Å². The quantitative estimate of drug-likeness (QED) is 0.671. The topological polar surface area (TPSA) is 76.1 Å². The number of ether oxygens (including phenoxy) is 1. The molecule has 0 bridgehead atoms. The van der Waals surface area contributed by atoms with Crippen molar-refractivity contribution in [2.24, 2.45) is 0 Å². The number of anilines is 2. The number of carbonyl (C=O) groups is 1. The van der Waals surface area contributed by atoms with Crippen molar-refractivity contribution in [2.75, 3.05) is 19.0 Å². The Labute approximate surface area is 156 Å². The van der Waals surface area contributed by atoms with E-state index in [-0.39, 0.29) is 17.7 Å². The highest BCUT2D eigenvalue weighted by molar-refractivity contribution is 5.93. The molecule has 7 heteroatoms. The van der Waals surface area contributed by atoms with Gasteiger partial charge in [-0.1, -0.05) is 18.2 Å². The van der Waals surface area contributed by atoms with Crippen LogP contribution in [-0.4, -0.2) is 29.5 Å². The molecule has 3 rings (SSSR count). The van der Waals surface area contributed by atoms with Gasteiger partial charge in [0, 0.05) is 24.6 Å². The molecule has 1 heterocycles. The number of amides is 1. The van der Waals surface area contributed by atoms with Gasteiger partial charge in [0.05, 0.1) is 12.7 Å². The van der Waals surface area contributed by atoms with Gasteiger partial charge in [-0.15, -0.1) is 0 Å². The van der Waals surface area contributed by atoms with Crippen LogP contribution in [0.2, 0.25) is 0 Å². The van der Waals surface area contributed by atoms with E-state index in [2.05, 4.69) is 20.6 Å². The van der Waals surface area contributed by atoms with Crippen LogP contribution in [0.25, 0.3) is 0 Å². The molecule has 0 aliphatic rings. The monoisotopic (exact) mass is 366 g/mol. The summed E-state index contributed by atoms with van der Waals surface area (Å²) in [7, 11) is 1.62. The predicted molar refractivity (Wildman–Crippen MR) is 101 cm³/mol. The summed E-state index contributed by atoms with van der Waals surface area (Å²) in [4.78, 5) is 20.4. The van der Waals surface area contributed by atoms with Crippen LogP contribution in [0.3, 0.4) is 0 Å². The first kappa shape index (κ1) is 18.3. The van der Waals surface area contributed by atoms with Crippen molar-refractivity contribution in [1.82, 2.24) is 15.3 Å². The second-order valence-corrected chi connectivity index (χ2v) is 5.79. The van der Waals surface area contributed by atoms with E-state index >= 15 is 0 Å². The van der Waals surface area contributed by atoms with E-state index < -0.39 is 0 Å². The van der Waals surface area contributed by atoms with Crippen LogP contribution in [0.5, 0.6) is 5.75 Å². The summed E-state index contributed by atoms with van der Waals surface area (Å²) in [5.41, 5.74) is 1.96. The van der Waals surface area contributed by atoms with Crippen LogP contribution < -0.4 is 15.4 Å². The molecule has 138 valence electrons. The van der Waals surface area contributed by atoms with Gasteiger partial charge in [-0.3, -0.25) is 4.79 Å². The second-order valence-electron chi connectivity index (χ2n) is 5.79. The zero-order valence-corrected chi connectivity index (χ0v) is 14.8. The molecule has 0 radical (unpaired) electrons. The molecule has 27 heavy (non-hydrogen) atoms. The number of nitrogens with one attached hydrogen (secondary N) is 2. The number of rotatable bonds is 7. The Morgan fingerprint density at radius 1 is 1.11 bits per heavy atom. The third-order valence-electron chi connectivity index (χ3n) is 3.83. The Kier molecular flexibility index (Phi) is 5.94. The number of carbonyl (C=O) groups excluding carboxylic acids is 1. The van der Waals surface area contributed by atoms with E-state index in [0.717, 1.165) is 11.3 Å². The molecule has 0 atom stereocenters. The molecule has 0 spiro atoms. The van der Waals surface area contributed by atoms with Gasteiger partial charge in [0.15, 0.2) is 0 Å². The average molecular weight is 366 g/mol. The Hall–Kier alpha value is -3.48. The maximum Gasteiger partial charge on any atom is 0.254 e. The Morgan fingerprint density at radius 3 is 2.63 bits per heavy atom. The SMILES string of the molecule is COc1cccc(CCNC(=O)c2cnc(Nc3cccc(F)c3)nc2)c1. The minimum atomic E-state index is -0.355. The maximum absolute atomic E-state index is 13.2. The number of hydrogen-bond acceptors (Lipinski definition) is 5. The van der Waals surface area contributed by atoms with E-state index in [4.69, 9.17) is 4.74 Å². The van der Waals surface area contributed by atoms with E-state index in [1.807, 2.05) is 24.3 Å². The van der Waals surface area contributed by atoms with Gasteiger partial charge in [-0.05, 0) is 42.3 Å². The first-order valence-electron chi connectivity index (χ1n) is 8.40. The fraction of sp³-hybridized carbons (Fsp3) is 0.150. The van der Waals surface area contributed by atoms with E-state index in [0.29, 0.717) is 24.2 Å². The highest BCUT2D eigenvalue weighted by atomic mass is 19.1. The number of benzene rings is 2. The summed E-state index contributed by atoms with van der Waals surface area (Å²) in [6, 6.07) is 13.7. The van der Waals surface area contributed by atoms with Crippen molar-refractivity contribution in [3.63, 3.8) is 0 Å². The lowest BCUT2D eigenvalue weighted by Gasteiger charge is -2.08. The Balaban J connectivity index is 1.52. The molecule has 0 aliphatic carbocycles. The van der Waals surface area contributed by atoms with Crippen LogP contribution in [-0.2, 0) is 6.42 Å². The van der Waals surface area contributed by atoms with Crippen molar-refractivity contribution in [2.45, 2.75) is 6.42 Å². The zero-order chi connectivity index (χ0) is 19.1. The van der Waals surface area contributed by atoms with Crippen LogP contribution in [0, 0.1) is 5.82 Å². The van der Waals surface area contributed by atoms with Crippen LogP contribution in [0.4, 0.5) is 16.0 Å². The van der Waals surface area contributed by atoms with Crippen molar-refractivity contribution < 1.29 is 13.9 Å². The molecular weight excluding hydrogens is 347 g/mol. The summed E-state index contributed by atoms with van der Waals surface area (Å²) in [6.45, 7) is 0.481. The summed E-state index contributed by atoms with van der Waals surface area (Å²) in [5, 5.41) is 5.71. The van der Waals surface area contributed by atoms with Crippen molar-refractivity contribution in [1.29, 1.82) is 0 Å². The number of aromatic nitrogens is 2. The standard InChI is InChI=1S/C20H19FN4O2/c1-27-18-7-2-4-14(10-18)8-9-22-19(26)15-12-23-20(24-13-15)25-17-6-3-5-16(21)11-17/h2-7,10-13H,8-9H2,1H3,(H,22,26)(H,23,24,25). The highest BCUT2D eigenvalue weighted by Gasteiger charge is 2.07. The smallest absolute Gasteiger partial charge is 0.254 e. The second kappa shape index (κ2) is 8.75. The fourth-order valence-corrected chi connectivity index (χ4v) is 2.46. The van der Waals surface area contributed by atoms with Crippen LogP contribution in [0.15, 0.2) is 60.9 Å². The van der Waals surface area contributed by atoms with Gasteiger partial charge in [-0.2, -0.15) is 0 Å². The molecule has 1 amide bonds. The first-order chi connectivity index (χ1) is 13.1. The highest BCUT2D eigenvalue weighted by Crippen LogP contribution is 2.14. The number of methoxy groups -OCH3 is 1. The molecule has 2 aromatic carbocycles. The van der Waals surface area contributed by atoms with Crippen LogP contribution >= 0.6 is 0 Å². The maximum atomic E-state index is 13.2. The van der Waals surface area contributed by atoms with Gasteiger partial charge in [0.1, 0.15) is 11.6 Å². The van der Waals surface area contributed by atoms with Crippen molar-refractivity contribution in [3.8, 4) is 5.75 Å². The minimum Gasteiger partial charge on any atom is -0.497 e. The first-order valence-corrected chi connectivity index (χ1v) is 8.40. The molecule has 2 N–H and O–H groups in total. The molecule has 3 aromatic rings. The zero-order valence-electron chi connectivity index (χ0n) is 14.8. The summed E-state index contributed by atoms with van der Waals surface area (Å²) in [5.74, 6) is 0.462. The van der Waals surface area contributed by atoms with Gasteiger partial charge < -0.3 is 15.4 Å². The largest absolute Gasteiger partial charge is 0.497 e. The molecule has 0 unspecified atom stereocenters. The Bertz CT molecular complexity index is 916. The summed E-state index contributed by atoms with van der Waals surface area (Å²) < 4.78 is 18.4. The molecule has 6 nitrogen and oxygen atoms in total. The molecule has 0 saturated heterocycles. The molecule has 0 fully saturated rings. The third kappa shape index (κ3) is 5.24. The lowest BCUT2D eigenvalue weighted by Crippen LogP contribution is -2.26. The van der Waals surface area contributed by atoms with Gasteiger partial charge in [0.2, 0.25) is 5.95 Å². The average Bonchev–Trinajstić information content (AvgIpc) is 2.69. The molecule has 1 aromatic heterocycles. The predicted octanol–water partition coefficient (Wildman–Crippen LogP) is 3.34. The number of hydrogen-bond donors (Lipinski definition) is 2. The fourth-order valence-electron chi connectivity index (χ4n) is 2.46. The van der Waals surface area contributed by atoms with Gasteiger partial charge >= 0.3 is 0 Å². The van der Waals surface area contributed by atoms with E-state index in [9.17, 15) is 9.18 Å². The normalized spacial score (nSPS) is 10.3. The van der Waals surface area contributed by atoms with Crippen LogP contribution in [0.1, 0.15) is 15.9 Å². The number of nitrogens with zero attached hydrogens (tertiary/aromatic N) is 2. The Morgan fingerprint density at radius 2 is 1.89 bits per heavy atom.